The summed E-state index contributed by atoms with van der Waals surface area (Å²) in [5.74, 6) is 0. The van der Waals surface area contributed by atoms with Gasteiger partial charge in [-0.05, 0) is 73.5 Å². The minimum absolute atomic E-state index is 0.0274. The number of H-pyrrole nitrogens is 1. The van der Waals surface area contributed by atoms with Crippen LogP contribution in [-0.2, 0) is 11.3 Å². The molecule has 2 N–H and O–H groups in total. The Morgan fingerprint density at radius 2 is 2.00 bits per heavy atom. The molecule has 31 heavy (non-hydrogen) atoms. The van der Waals surface area contributed by atoms with Gasteiger partial charge in [-0.2, -0.15) is 0 Å². The predicted molar refractivity (Wildman–Crippen MR) is 124 cm³/mol. The molecular formula is C24H26ClN3O3. The number of fused-ring (bicyclic) bond motifs is 1. The number of rotatable bonds is 5. The van der Waals surface area contributed by atoms with E-state index in [-0.39, 0.29) is 24.2 Å². The number of hydrogen-bond donors (Lipinski definition) is 2. The molecule has 0 bridgehead atoms. The molecule has 1 aliphatic rings. The molecule has 0 saturated carbocycles. The van der Waals surface area contributed by atoms with Gasteiger partial charge < -0.3 is 19.9 Å². The summed E-state index contributed by atoms with van der Waals surface area (Å²) in [5, 5.41) is 4.45. The first-order valence-corrected chi connectivity index (χ1v) is 10.8. The van der Waals surface area contributed by atoms with Gasteiger partial charge in [-0.3, -0.25) is 4.79 Å². The molecule has 162 valence electrons. The number of aromatic nitrogens is 1. The van der Waals surface area contributed by atoms with Gasteiger partial charge in [-0.15, -0.1) is 0 Å². The third-order valence-corrected chi connectivity index (χ3v) is 6.07. The molecule has 1 aliphatic heterocycles. The van der Waals surface area contributed by atoms with E-state index in [2.05, 4.69) is 10.3 Å². The van der Waals surface area contributed by atoms with Crippen LogP contribution in [0.15, 0.2) is 47.3 Å². The van der Waals surface area contributed by atoms with Crippen molar-refractivity contribution in [1.29, 1.82) is 0 Å². The highest BCUT2D eigenvalue weighted by Crippen LogP contribution is 2.21. The minimum Gasteiger partial charge on any atom is -0.376 e. The fourth-order valence-electron chi connectivity index (χ4n) is 3.88. The molecule has 3 aromatic rings. The van der Waals surface area contributed by atoms with Crippen molar-refractivity contribution in [3.8, 4) is 0 Å². The number of hydrogen-bond acceptors (Lipinski definition) is 3. The molecule has 1 aromatic heterocycles. The van der Waals surface area contributed by atoms with E-state index in [9.17, 15) is 9.59 Å². The molecule has 7 heteroatoms. The molecule has 1 fully saturated rings. The van der Waals surface area contributed by atoms with Gasteiger partial charge in [-0.1, -0.05) is 23.7 Å². The van der Waals surface area contributed by atoms with Gasteiger partial charge in [0.1, 0.15) is 0 Å². The summed E-state index contributed by atoms with van der Waals surface area (Å²) in [7, 11) is 0. The predicted octanol–water partition coefficient (Wildman–Crippen LogP) is 5.01. The Morgan fingerprint density at radius 1 is 1.23 bits per heavy atom. The molecule has 4 rings (SSSR count). The molecule has 2 aromatic carbocycles. The standard InChI is InChI=1S/C24H26ClN3O3/c1-15-5-6-17-12-18(23(29)27-22(17)16(15)2)13-28(14-21-4-3-11-31-21)24(30)26-20-9-7-19(25)8-10-20/h5-10,12,21H,3-4,11,13-14H2,1-2H3,(H,26,30)(H,27,29)/t21-/m0/s1. The number of aryl methyl sites for hydroxylation is 2. The molecule has 0 unspecified atom stereocenters. The summed E-state index contributed by atoms with van der Waals surface area (Å²) in [6, 6.07) is 12.6. The Labute approximate surface area is 186 Å². The zero-order valence-electron chi connectivity index (χ0n) is 17.7. The first-order valence-electron chi connectivity index (χ1n) is 10.5. The van der Waals surface area contributed by atoms with Crippen LogP contribution in [0.25, 0.3) is 10.9 Å². The van der Waals surface area contributed by atoms with Crippen molar-refractivity contribution in [3.05, 3.63) is 74.5 Å². The number of amides is 2. The van der Waals surface area contributed by atoms with Crippen LogP contribution in [-0.4, -0.2) is 35.2 Å². The number of halogens is 1. The first kappa shape index (κ1) is 21.4. The molecule has 2 amide bonds. The van der Waals surface area contributed by atoms with Crippen LogP contribution in [0, 0.1) is 13.8 Å². The lowest BCUT2D eigenvalue weighted by Crippen LogP contribution is -2.40. The second-order valence-electron chi connectivity index (χ2n) is 8.05. The maximum Gasteiger partial charge on any atom is 0.322 e. The van der Waals surface area contributed by atoms with Crippen LogP contribution >= 0.6 is 11.6 Å². The first-order chi connectivity index (χ1) is 14.9. The molecule has 0 radical (unpaired) electrons. The Balaban J connectivity index is 1.61. The Kier molecular flexibility index (Phi) is 6.30. The van der Waals surface area contributed by atoms with Crippen molar-refractivity contribution in [3.63, 3.8) is 0 Å². The van der Waals surface area contributed by atoms with Gasteiger partial charge in [0.2, 0.25) is 0 Å². The van der Waals surface area contributed by atoms with Crippen LogP contribution in [0.1, 0.15) is 29.5 Å². The second-order valence-corrected chi connectivity index (χ2v) is 8.48. The van der Waals surface area contributed by atoms with E-state index in [1.807, 2.05) is 32.0 Å². The van der Waals surface area contributed by atoms with Gasteiger partial charge >= 0.3 is 6.03 Å². The topological polar surface area (TPSA) is 74.4 Å². The molecular weight excluding hydrogens is 414 g/mol. The number of anilines is 1. The molecule has 1 atom stereocenters. The Morgan fingerprint density at radius 3 is 2.71 bits per heavy atom. The largest absolute Gasteiger partial charge is 0.376 e. The molecule has 0 spiro atoms. The van der Waals surface area contributed by atoms with E-state index in [1.165, 1.54) is 0 Å². The van der Waals surface area contributed by atoms with Crippen molar-refractivity contribution in [2.24, 2.45) is 0 Å². The number of benzene rings is 2. The van der Waals surface area contributed by atoms with Crippen LogP contribution in [0.2, 0.25) is 5.02 Å². The smallest absolute Gasteiger partial charge is 0.322 e. The van der Waals surface area contributed by atoms with Crippen molar-refractivity contribution >= 4 is 34.2 Å². The van der Waals surface area contributed by atoms with Crippen LogP contribution in [0.3, 0.4) is 0 Å². The van der Waals surface area contributed by atoms with Gasteiger partial charge in [0.25, 0.3) is 5.56 Å². The van der Waals surface area contributed by atoms with Crippen LogP contribution in [0.4, 0.5) is 10.5 Å². The highest BCUT2D eigenvalue weighted by Gasteiger charge is 2.24. The average Bonchev–Trinajstić information content (AvgIpc) is 3.26. The summed E-state index contributed by atoms with van der Waals surface area (Å²) < 4.78 is 5.74. The number of aromatic amines is 1. The van der Waals surface area contributed by atoms with E-state index in [4.69, 9.17) is 16.3 Å². The average molecular weight is 440 g/mol. The zero-order chi connectivity index (χ0) is 22.0. The van der Waals surface area contributed by atoms with E-state index in [0.29, 0.717) is 29.4 Å². The van der Waals surface area contributed by atoms with E-state index in [1.54, 1.807) is 29.2 Å². The maximum absolute atomic E-state index is 13.1. The lowest BCUT2D eigenvalue weighted by Gasteiger charge is -2.26. The number of pyridine rings is 1. The van der Waals surface area contributed by atoms with Crippen molar-refractivity contribution in [1.82, 2.24) is 9.88 Å². The van der Waals surface area contributed by atoms with Crippen molar-refractivity contribution < 1.29 is 9.53 Å². The highest BCUT2D eigenvalue weighted by molar-refractivity contribution is 6.30. The summed E-state index contributed by atoms with van der Waals surface area (Å²) in [4.78, 5) is 30.5. The van der Waals surface area contributed by atoms with E-state index in [0.717, 1.165) is 34.9 Å². The summed E-state index contributed by atoms with van der Waals surface area (Å²) >= 11 is 5.94. The van der Waals surface area contributed by atoms with Crippen LogP contribution in [0.5, 0.6) is 0 Å². The van der Waals surface area contributed by atoms with E-state index >= 15 is 0 Å². The number of carbonyl (C=O) groups excluding carboxylic acids is 1. The molecule has 2 heterocycles. The van der Waals surface area contributed by atoms with Crippen molar-refractivity contribution in [2.45, 2.75) is 39.3 Å². The van der Waals surface area contributed by atoms with E-state index < -0.39 is 0 Å². The fraction of sp³-hybridized carbons (Fsp3) is 0.333. The lowest BCUT2D eigenvalue weighted by molar-refractivity contribution is 0.0818. The second kappa shape index (κ2) is 9.12. The quantitative estimate of drug-likeness (QED) is 0.586. The van der Waals surface area contributed by atoms with Crippen LogP contribution < -0.4 is 10.9 Å². The Bertz CT molecular complexity index is 1150. The summed E-state index contributed by atoms with van der Waals surface area (Å²) in [6.45, 7) is 5.33. The summed E-state index contributed by atoms with van der Waals surface area (Å²) in [6.07, 6.45) is 1.85. The monoisotopic (exact) mass is 439 g/mol. The fourth-order valence-corrected chi connectivity index (χ4v) is 4.01. The highest BCUT2D eigenvalue weighted by atomic mass is 35.5. The van der Waals surface area contributed by atoms with Crippen molar-refractivity contribution in [2.75, 3.05) is 18.5 Å². The van der Waals surface area contributed by atoms with Gasteiger partial charge in [0.15, 0.2) is 0 Å². The van der Waals surface area contributed by atoms with Gasteiger partial charge in [0, 0.05) is 29.4 Å². The number of nitrogens with one attached hydrogen (secondary N) is 2. The third-order valence-electron chi connectivity index (χ3n) is 5.82. The third kappa shape index (κ3) is 4.92. The molecule has 6 nitrogen and oxygen atoms in total. The molecule has 1 saturated heterocycles. The number of urea groups is 1. The normalized spacial score (nSPS) is 15.9. The number of ether oxygens (including phenoxy) is 1. The number of nitrogens with zero attached hydrogens (tertiary/aromatic N) is 1. The lowest BCUT2D eigenvalue weighted by atomic mass is 10.0. The van der Waals surface area contributed by atoms with Gasteiger partial charge in [0.05, 0.1) is 18.2 Å². The van der Waals surface area contributed by atoms with Gasteiger partial charge in [-0.25, -0.2) is 4.79 Å². The maximum atomic E-state index is 13.1. The number of carbonyl (C=O) groups is 1. The molecule has 0 aliphatic carbocycles. The Hall–Kier alpha value is -2.83. The minimum atomic E-state index is -0.280. The summed E-state index contributed by atoms with van der Waals surface area (Å²) in [5.41, 5.74) is 4.02. The zero-order valence-corrected chi connectivity index (χ0v) is 18.5. The SMILES string of the molecule is Cc1ccc2cc(CN(C[C@@H]3CCCO3)C(=O)Nc3ccc(Cl)cc3)c(=O)[nH]c2c1C.